The molecular weight excluding hydrogens is 232 g/mol. The summed E-state index contributed by atoms with van der Waals surface area (Å²) in [6.45, 7) is 1.79. The molecule has 2 nitrogen and oxygen atoms in total. The molecule has 1 heterocycles. The highest BCUT2D eigenvalue weighted by molar-refractivity contribution is 9.10. The summed E-state index contributed by atoms with van der Waals surface area (Å²) in [6.07, 6.45) is 0.827. The molecule has 0 saturated carbocycles. The van der Waals surface area contributed by atoms with Crippen LogP contribution < -0.4 is 0 Å². The predicted octanol–water partition coefficient (Wildman–Crippen LogP) is 3.32. The zero-order chi connectivity index (χ0) is 9.42. The number of aryl methyl sites for hydroxylation is 1. The Morgan fingerprint density at radius 1 is 1.46 bits per heavy atom. The minimum Gasteiger partial charge on any atom is -0.459 e. The number of hydrogen-bond acceptors (Lipinski definition) is 2. The SMILES string of the molecule is Cc1oc2c(Br)cccc2c1C=O. The Morgan fingerprint density at radius 3 is 2.92 bits per heavy atom. The number of halogens is 1. The van der Waals surface area contributed by atoms with E-state index in [9.17, 15) is 4.79 Å². The molecule has 0 fully saturated rings. The Labute approximate surface area is 83.7 Å². The summed E-state index contributed by atoms with van der Waals surface area (Å²) in [6, 6.07) is 5.65. The fraction of sp³-hybridized carbons (Fsp3) is 0.100. The van der Waals surface area contributed by atoms with Crippen LogP contribution in [0, 0.1) is 6.92 Å². The molecular formula is C10H7BrO2. The van der Waals surface area contributed by atoms with E-state index in [0.717, 1.165) is 21.7 Å². The first-order valence-corrected chi connectivity index (χ1v) is 4.66. The fourth-order valence-electron chi connectivity index (χ4n) is 1.37. The van der Waals surface area contributed by atoms with Gasteiger partial charge in [-0.1, -0.05) is 12.1 Å². The third-order valence-corrected chi connectivity index (χ3v) is 2.63. The summed E-state index contributed by atoms with van der Waals surface area (Å²) in [5, 5.41) is 0.863. The second kappa shape index (κ2) is 3.00. The number of fused-ring (bicyclic) bond motifs is 1. The first-order chi connectivity index (χ1) is 6.24. The average molecular weight is 239 g/mol. The van der Waals surface area contributed by atoms with Crippen LogP contribution in [0.4, 0.5) is 0 Å². The number of aldehydes is 1. The zero-order valence-electron chi connectivity index (χ0n) is 7.00. The molecule has 0 N–H and O–H groups in total. The molecule has 0 radical (unpaired) electrons. The lowest BCUT2D eigenvalue weighted by Crippen LogP contribution is -1.78. The van der Waals surface area contributed by atoms with Crippen molar-refractivity contribution in [1.82, 2.24) is 0 Å². The Morgan fingerprint density at radius 2 is 2.23 bits per heavy atom. The first kappa shape index (κ1) is 8.51. The molecule has 1 aromatic carbocycles. The summed E-state index contributed by atoms with van der Waals surface area (Å²) < 4.78 is 6.32. The molecule has 0 aliphatic carbocycles. The van der Waals surface area contributed by atoms with Gasteiger partial charge in [0.15, 0.2) is 6.29 Å². The van der Waals surface area contributed by atoms with Crippen LogP contribution in [0.1, 0.15) is 16.1 Å². The van der Waals surface area contributed by atoms with Crippen LogP contribution >= 0.6 is 15.9 Å². The van der Waals surface area contributed by atoms with Crippen molar-refractivity contribution in [2.45, 2.75) is 6.92 Å². The van der Waals surface area contributed by atoms with Crippen LogP contribution in [0.2, 0.25) is 0 Å². The minimum absolute atomic E-state index is 0.635. The summed E-state index contributed by atoms with van der Waals surface area (Å²) in [5.41, 5.74) is 1.37. The van der Waals surface area contributed by atoms with Crippen LogP contribution in [0.5, 0.6) is 0 Å². The fourth-order valence-corrected chi connectivity index (χ4v) is 1.82. The maximum Gasteiger partial charge on any atom is 0.154 e. The van der Waals surface area contributed by atoms with Crippen LogP contribution in [-0.2, 0) is 0 Å². The quantitative estimate of drug-likeness (QED) is 0.714. The van der Waals surface area contributed by atoms with Gasteiger partial charge < -0.3 is 4.42 Å². The lowest BCUT2D eigenvalue weighted by molar-refractivity contribution is 0.112. The van der Waals surface area contributed by atoms with Gasteiger partial charge in [0.2, 0.25) is 0 Å². The van der Waals surface area contributed by atoms with Gasteiger partial charge in [-0.25, -0.2) is 0 Å². The van der Waals surface area contributed by atoms with Crippen LogP contribution in [0.25, 0.3) is 11.0 Å². The molecule has 0 unspecified atom stereocenters. The molecule has 66 valence electrons. The molecule has 0 aliphatic rings. The van der Waals surface area contributed by atoms with Gasteiger partial charge in [-0.3, -0.25) is 4.79 Å². The number of carbonyl (C=O) groups excluding carboxylic acids is 1. The second-order valence-corrected chi connectivity index (χ2v) is 3.66. The Bertz CT molecular complexity index is 471. The highest BCUT2D eigenvalue weighted by Gasteiger charge is 2.11. The smallest absolute Gasteiger partial charge is 0.154 e. The lowest BCUT2D eigenvalue weighted by Gasteiger charge is -1.90. The Balaban J connectivity index is 2.93. The van der Waals surface area contributed by atoms with Gasteiger partial charge in [0, 0.05) is 5.39 Å². The number of para-hydroxylation sites is 1. The molecule has 0 bridgehead atoms. The van der Waals surface area contributed by atoms with Crippen molar-refractivity contribution in [3.05, 3.63) is 34.0 Å². The standard InChI is InChI=1S/C10H7BrO2/c1-6-8(5-12)7-3-2-4-9(11)10(7)13-6/h2-5H,1H3. The number of furan rings is 1. The number of benzene rings is 1. The Hall–Kier alpha value is -1.09. The summed E-state index contributed by atoms with van der Waals surface area (Å²) in [5.74, 6) is 0.664. The third kappa shape index (κ3) is 1.20. The van der Waals surface area contributed by atoms with E-state index in [-0.39, 0.29) is 0 Å². The molecule has 0 amide bonds. The summed E-state index contributed by atoms with van der Waals surface area (Å²) in [4.78, 5) is 10.7. The van der Waals surface area contributed by atoms with Crippen molar-refractivity contribution in [3.63, 3.8) is 0 Å². The molecule has 2 aromatic rings. The van der Waals surface area contributed by atoms with E-state index >= 15 is 0 Å². The van der Waals surface area contributed by atoms with E-state index in [1.807, 2.05) is 18.2 Å². The largest absolute Gasteiger partial charge is 0.459 e. The molecule has 3 heteroatoms. The van der Waals surface area contributed by atoms with Gasteiger partial charge in [-0.2, -0.15) is 0 Å². The van der Waals surface area contributed by atoms with Crippen LogP contribution in [-0.4, -0.2) is 6.29 Å². The maximum absolute atomic E-state index is 10.7. The average Bonchev–Trinajstić information content (AvgIpc) is 2.43. The maximum atomic E-state index is 10.7. The zero-order valence-corrected chi connectivity index (χ0v) is 8.59. The van der Waals surface area contributed by atoms with Crippen LogP contribution in [0.3, 0.4) is 0 Å². The van der Waals surface area contributed by atoms with Gasteiger partial charge in [-0.05, 0) is 28.9 Å². The molecule has 2 rings (SSSR count). The van der Waals surface area contributed by atoms with Gasteiger partial charge in [-0.15, -0.1) is 0 Å². The summed E-state index contributed by atoms with van der Waals surface area (Å²) >= 11 is 3.36. The van der Waals surface area contributed by atoms with E-state index in [0.29, 0.717) is 11.3 Å². The van der Waals surface area contributed by atoms with Crippen molar-refractivity contribution in [2.24, 2.45) is 0 Å². The Kier molecular flexibility index (Phi) is 1.96. The molecule has 0 atom stereocenters. The van der Waals surface area contributed by atoms with Crippen molar-refractivity contribution in [3.8, 4) is 0 Å². The topological polar surface area (TPSA) is 30.2 Å². The second-order valence-electron chi connectivity index (χ2n) is 2.81. The molecule has 1 aromatic heterocycles. The number of carbonyl (C=O) groups is 1. The highest BCUT2D eigenvalue weighted by Crippen LogP contribution is 2.29. The van der Waals surface area contributed by atoms with E-state index in [2.05, 4.69) is 15.9 Å². The number of hydrogen-bond donors (Lipinski definition) is 0. The van der Waals surface area contributed by atoms with Gasteiger partial charge in [0.25, 0.3) is 0 Å². The molecule has 0 spiro atoms. The van der Waals surface area contributed by atoms with Crippen molar-refractivity contribution >= 4 is 33.2 Å². The highest BCUT2D eigenvalue weighted by atomic mass is 79.9. The number of rotatable bonds is 1. The van der Waals surface area contributed by atoms with Gasteiger partial charge in [0.05, 0.1) is 10.0 Å². The third-order valence-electron chi connectivity index (χ3n) is 2.01. The monoisotopic (exact) mass is 238 g/mol. The predicted molar refractivity (Wildman–Crippen MR) is 54.0 cm³/mol. The first-order valence-electron chi connectivity index (χ1n) is 3.87. The van der Waals surface area contributed by atoms with Gasteiger partial charge >= 0.3 is 0 Å². The van der Waals surface area contributed by atoms with E-state index in [1.165, 1.54) is 0 Å². The van der Waals surface area contributed by atoms with Crippen molar-refractivity contribution < 1.29 is 9.21 Å². The molecule has 0 saturated heterocycles. The molecule has 0 aliphatic heterocycles. The van der Waals surface area contributed by atoms with Crippen molar-refractivity contribution in [2.75, 3.05) is 0 Å². The summed E-state index contributed by atoms with van der Waals surface area (Å²) in [7, 11) is 0. The van der Waals surface area contributed by atoms with Crippen molar-refractivity contribution in [1.29, 1.82) is 0 Å². The normalized spacial score (nSPS) is 10.6. The minimum atomic E-state index is 0.635. The van der Waals surface area contributed by atoms with E-state index < -0.39 is 0 Å². The van der Waals surface area contributed by atoms with E-state index in [4.69, 9.17) is 4.42 Å². The van der Waals surface area contributed by atoms with E-state index in [1.54, 1.807) is 6.92 Å². The molecule has 13 heavy (non-hydrogen) atoms. The lowest BCUT2D eigenvalue weighted by atomic mass is 10.1. The van der Waals surface area contributed by atoms with Crippen LogP contribution in [0.15, 0.2) is 27.1 Å². The van der Waals surface area contributed by atoms with Gasteiger partial charge in [0.1, 0.15) is 11.3 Å².